The Labute approximate surface area is 115 Å². The van der Waals surface area contributed by atoms with Gasteiger partial charge in [0.2, 0.25) is 0 Å². The predicted molar refractivity (Wildman–Crippen MR) is 78.2 cm³/mol. The molecule has 0 saturated heterocycles. The van der Waals surface area contributed by atoms with Crippen molar-refractivity contribution in [3.8, 4) is 0 Å². The smallest absolute Gasteiger partial charge is 0.126 e. The molecule has 2 rings (SSSR count). The standard InChI is InChI=1S/C15H25N3O/c1-2-16-15-9-3-6-13(17-15)12-18(10-5-11-19)14-7-4-8-14/h3,6,9,14,19H,2,4-5,7-8,10-12H2,1H3,(H,16,17). The van der Waals surface area contributed by atoms with Crippen LogP contribution < -0.4 is 5.32 Å². The van der Waals surface area contributed by atoms with Crippen LogP contribution in [-0.4, -0.2) is 40.7 Å². The van der Waals surface area contributed by atoms with E-state index >= 15 is 0 Å². The normalized spacial score (nSPS) is 15.5. The zero-order chi connectivity index (χ0) is 13.5. The van der Waals surface area contributed by atoms with Gasteiger partial charge < -0.3 is 10.4 Å². The second-order valence-corrected chi connectivity index (χ2v) is 5.18. The molecule has 1 saturated carbocycles. The van der Waals surface area contributed by atoms with Gasteiger partial charge in [-0.3, -0.25) is 4.90 Å². The Kier molecular flexibility index (Phi) is 5.61. The third kappa shape index (κ3) is 4.18. The molecule has 4 heteroatoms. The van der Waals surface area contributed by atoms with Gasteiger partial charge in [-0.05, 0) is 38.3 Å². The molecular weight excluding hydrogens is 238 g/mol. The minimum Gasteiger partial charge on any atom is -0.396 e. The highest BCUT2D eigenvalue weighted by molar-refractivity contribution is 5.35. The Morgan fingerprint density at radius 3 is 2.89 bits per heavy atom. The van der Waals surface area contributed by atoms with E-state index in [1.165, 1.54) is 19.3 Å². The first-order valence-corrected chi connectivity index (χ1v) is 7.38. The third-order valence-corrected chi connectivity index (χ3v) is 3.72. The van der Waals surface area contributed by atoms with Crippen molar-refractivity contribution in [2.75, 3.05) is 25.0 Å². The molecule has 1 aromatic rings. The van der Waals surface area contributed by atoms with E-state index in [2.05, 4.69) is 34.3 Å². The van der Waals surface area contributed by atoms with Crippen molar-refractivity contribution in [2.24, 2.45) is 0 Å². The van der Waals surface area contributed by atoms with Gasteiger partial charge in [-0.2, -0.15) is 0 Å². The van der Waals surface area contributed by atoms with Gasteiger partial charge in [0.1, 0.15) is 5.82 Å². The summed E-state index contributed by atoms with van der Waals surface area (Å²) in [6, 6.07) is 6.85. The van der Waals surface area contributed by atoms with E-state index in [0.29, 0.717) is 6.04 Å². The highest BCUT2D eigenvalue weighted by Crippen LogP contribution is 2.26. The molecule has 19 heavy (non-hydrogen) atoms. The predicted octanol–water partition coefficient (Wildman–Crippen LogP) is 2.25. The van der Waals surface area contributed by atoms with Gasteiger partial charge in [-0.1, -0.05) is 12.5 Å². The van der Waals surface area contributed by atoms with E-state index in [9.17, 15) is 0 Å². The second-order valence-electron chi connectivity index (χ2n) is 5.18. The fraction of sp³-hybridized carbons (Fsp3) is 0.667. The first kappa shape index (κ1) is 14.3. The molecule has 0 aliphatic heterocycles. The number of aliphatic hydroxyl groups excluding tert-OH is 1. The van der Waals surface area contributed by atoms with Gasteiger partial charge in [0.25, 0.3) is 0 Å². The van der Waals surface area contributed by atoms with Gasteiger partial charge in [0.15, 0.2) is 0 Å². The van der Waals surface area contributed by atoms with Crippen molar-refractivity contribution in [3.05, 3.63) is 23.9 Å². The number of nitrogens with one attached hydrogen (secondary N) is 1. The number of hydrogen-bond acceptors (Lipinski definition) is 4. The van der Waals surface area contributed by atoms with Crippen molar-refractivity contribution < 1.29 is 5.11 Å². The highest BCUT2D eigenvalue weighted by Gasteiger charge is 2.24. The molecule has 1 heterocycles. The van der Waals surface area contributed by atoms with Crippen LogP contribution in [0.25, 0.3) is 0 Å². The van der Waals surface area contributed by atoms with Gasteiger partial charge in [-0.15, -0.1) is 0 Å². The van der Waals surface area contributed by atoms with Crippen LogP contribution in [0.15, 0.2) is 18.2 Å². The molecule has 0 atom stereocenters. The van der Waals surface area contributed by atoms with Crippen LogP contribution in [-0.2, 0) is 6.54 Å². The lowest BCUT2D eigenvalue weighted by Gasteiger charge is -2.37. The molecule has 0 unspecified atom stereocenters. The van der Waals surface area contributed by atoms with E-state index in [1.54, 1.807) is 0 Å². The zero-order valence-electron chi connectivity index (χ0n) is 11.8. The maximum Gasteiger partial charge on any atom is 0.126 e. The summed E-state index contributed by atoms with van der Waals surface area (Å²) in [4.78, 5) is 7.11. The summed E-state index contributed by atoms with van der Waals surface area (Å²) in [5.74, 6) is 0.954. The van der Waals surface area contributed by atoms with Crippen molar-refractivity contribution >= 4 is 5.82 Å². The summed E-state index contributed by atoms with van der Waals surface area (Å²) in [5, 5.41) is 12.3. The van der Waals surface area contributed by atoms with Gasteiger partial charge in [0.05, 0.1) is 5.69 Å². The first-order valence-electron chi connectivity index (χ1n) is 7.38. The number of hydrogen-bond donors (Lipinski definition) is 2. The molecule has 1 fully saturated rings. The van der Waals surface area contributed by atoms with E-state index in [0.717, 1.165) is 37.6 Å². The van der Waals surface area contributed by atoms with Crippen molar-refractivity contribution in [3.63, 3.8) is 0 Å². The SMILES string of the molecule is CCNc1cccc(CN(CCCO)C2CCC2)n1. The maximum atomic E-state index is 9.02. The molecule has 0 aromatic carbocycles. The van der Waals surface area contributed by atoms with E-state index in [-0.39, 0.29) is 6.61 Å². The number of aliphatic hydroxyl groups is 1. The largest absolute Gasteiger partial charge is 0.396 e. The fourth-order valence-electron chi connectivity index (χ4n) is 2.47. The molecule has 0 spiro atoms. The Morgan fingerprint density at radius 2 is 2.26 bits per heavy atom. The molecule has 0 amide bonds. The third-order valence-electron chi connectivity index (χ3n) is 3.72. The van der Waals surface area contributed by atoms with E-state index in [4.69, 9.17) is 5.11 Å². The molecule has 1 aromatic heterocycles. The van der Waals surface area contributed by atoms with Crippen LogP contribution in [0, 0.1) is 0 Å². The molecule has 1 aliphatic rings. The molecule has 1 aliphatic carbocycles. The van der Waals surface area contributed by atoms with Crippen LogP contribution >= 0.6 is 0 Å². The number of nitrogens with zero attached hydrogens (tertiary/aromatic N) is 2. The average molecular weight is 263 g/mol. The summed E-state index contributed by atoms with van der Waals surface area (Å²) >= 11 is 0. The van der Waals surface area contributed by atoms with Gasteiger partial charge >= 0.3 is 0 Å². The molecule has 2 N–H and O–H groups in total. The van der Waals surface area contributed by atoms with Gasteiger partial charge in [0, 0.05) is 32.3 Å². The first-order chi connectivity index (χ1) is 9.33. The van der Waals surface area contributed by atoms with Crippen LogP contribution in [0.3, 0.4) is 0 Å². The Morgan fingerprint density at radius 1 is 1.42 bits per heavy atom. The van der Waals surface area contributed by atoms with E-state index < -0.39 is 0 Å². The quantitative estimate of drug-likeness (QED) is 0.755. The summed E-state index contributed by atoms with van der Waals surface area (Å²) < 4.78 is 0. The topological polar surface area (TPSA) is 48.4 Å². The van der Waals surface area contributed by atoms with Crippen LogP contribution in [0.4, 0.5) is 5.82 Å². The Balaban J connectivity index is 1.96. The van der Waals surface area contributed by atoms with Crippen LogP contribution in [0.5, 0.6) is 0 Å². The zero-order valence-corrected chi connectivity index (χ0v) is 11.8. The number of anilines is 1. The minimum absolute atomic E-state index is 0.272. The number of pyridine rings is 1. The van der Waals surface area contributed by atoms with Crippen LogP contribution in [0.2, 0.25) is 0 Å². The fourth-order valence-corrected chi connectivity index (χ4v) is 2.47. The van der Waals surface area contributed by atoms with Crippen molar-refractivity contribution in [1.29, 1.82) is 0 Å². The number of aromatic nitrogens is 1. The lowest BCUT2D eigenvalue weighted by Crippen LogP contribution is -2.40. The molecule has 106 valence electrons. The minimum atomic E-state index is 0.272. The summed E-state index contributed by atoms with van der Waals surface area (Å²) in [6.45, 7) is 5.11. The van der Waals surface area contributed by atoms with Crippen molar-refractivity contribution in [2.45, 2.75) is 45.2 Å². The maximum absolute atomic E-state index is 9.02. The van der Waals surface area contributed by atoms with E-state index in [1.807, 2.05) is 6.07 Å². The lowest BCUT2D eigenvalue weighted by atomic mass is 9.91. The molecule has 4 nitrogen and oxygen atoms in total. The Bertz CT molecular complexity index is 379. The Hall–Kier alpha value is -1.13. The van der Waals surface area contributed by atoms with Crippen molar-refractivity contribution in [1.82, 2.24) is 9.88 Å². The van der Waals surface area contributed by atoms with Crippen LogP contribution in [0.1, 0.15) is 38.3 Å². The lowest BCUT2D eigenvalue weighted by molar-refractivity contribution is 0.108. The summed E-state index contributed by atoms with van der Waals surface area (Å²) in [5.41, 5.74) is 1.11. The molecular formula is C15H25N3O. The number of rotatable bonds is 8. The summed E-state index contributed by atoms with van der Waals surface area (Å²) in [6.07, 6.45) is 4.77. The second kappa shape index (κ2) is 7.46. The monoisotopic (exact) mass is 263 g/mol. The molecule has 0 bridgehead atoms. The average Bonchev–Trinajstić information content (AvgIpc) is 2.35. The van der Waals surface area contributed by atoms with Gasteiger partial charge in [-0.25, -0.2) is 4.98 Å². The summed E-state index contributed by atoms with van der Waals surface area (Å²) in [7, 11) is 0. The highest BCUT2D eigenvalue weighted by atomic mass is 16.3. The molecule has 0 radical (unpaired) electrons.